The molecule has 0 saturated heterocycles. The van der Waals surface area contributed by atoms with Crippen LogP contribution in [0.3, 0.4) is 0 Å². The Labute approximate surface area is 316 Å². The van der Waals surface area contributed by atoms with Crippen molar-refractivity contribution in [2.24, 2.45) is 0 Å². The molecule has 1 aliphatic rings. The maximum absolute atomic E-state index is 11.2. The number of hydrogen-bond donors (Lipinski definition) is 7. The molecule has 300 valence electrons. The van der Waals surface area contributed by atoms with Crippen molar-refractivity contribution < 1.29 is 53.5 Å². The predicted molar refractivity (Wildman–Crippen MR) is 220 cm³/mol. The molecule has 0 heterocycles. The molecule has 0 spiro atoms. The van der Waals surface area contributed by atoms with E-state index < -0.39 is 48.6 Å². The first-order valence-electron chi connectivity index (χ1n) is 16.1. The number of carboxylic acids is 2. The van der Waals surface area contributed by atoms with Crippen molar-refractivity contribution in [2.45, 2.75) is 112 Å². The van der Waals surface area contributed by atoms with Gasteiger partial charge in [-0.05, 0) is 72.4 Å². The summed E-state index contributed by atoms with van der Waals surface area (Å²) in [5.41, 5.74) is 1.55. The molecule has 1 atom stereocenters. The number of aliphatic carboxylic acids is 1. The number of anilines is 1. The number of benzene rings is 1. The molecular formula is C35H70B2N2O11Si2. The van der Waals surface area contributed by atoms with Gasteiger partial charge < -0.3 is 54.2 Å². The van der Waals surface area contributed by atoms with Gasteiger partial charge in [0, 0.05) is 37.8 Å². The lowest BCUT2D eigenvalue weighted by Crippen LogP contribution is -2.42. The van der Waals surface area contributed by atoms with Crippen LogP contribution in [0.4, 0.5) is 5.69 Å². The minimum Gasteiger partial charge on any atom is -0.478 e. The standard InChI is InChI=1S/C16H28BNO5Si.C8H12BNO4.C8H18O2Si.3CH4/c1-16(2,3)24(5,6)23-8-7-18(4)14-10-12(15(19)20)9-13(11-14)17(21)22;1-10-7-3-5(8(11)12)2-6(4-7)9(13)14;1-8(2,3)11(4,5)10-7-6-9;;;/h9-11,21-22H,7-8H2,1-6H3,(H,19,20);2-3,6,10,13-14H,4H2,1H3,(H,11,12);6H,7H2,1-5H3;3*1H4. The number of aromatic carboxylic acids is 1. The van der Waals surface area contributed by atoms with Gasteiger partial charge in [-0.1, -0.05) is 69.9 Å². The molecule has 52 heavy (non-hydrogen) atoms. The Hall–Kier alpha value is -2.77. The highest BCUT2D eigenvalue weighted by atomic mass is 28.4. The third-order valence-corrected chi connectivity index (χ3v) is 18.1. The smallest absolute Gasteiger partial charge is 0.478 e. The average molecular weight is 773 g/mol. The zero-order valence-electron chi connectivity index (χ0n) is 31.2. The van der Waals surface area contributed by atoms with E-state index in [0.717, 1.165) is 6.29 Å². The van der Waals surface area contributed by atoms with Gasteiger partial charge in [-0.3, -0.25) is 0 Å². The first-order chi connectivity index (χ1) is 22.2. The lowest BCUT2D eigenvalue weighted by molar-refractivity contribution is -0.132. The largest absolute Gasteiger partial charge is 0.488 e. The van der Waals surface area contributed by atoms with Gasteiger partial charge in [-0.2, -0.15) is 0 Å². The Morgan fingerprint density at radius 2 is 1.40 bits per heavy atom. The number of allylic oxidation sites excluding steroid dienone is 2. The number of nitrogens with zero attached hydrogens (tertiary/aromatic N) is 1. The minimum absolute atomic E-state index is 0. The van der Waals surface area contributed by atoms with Crippen LogP contribution >= 0.6 is 0 Å². The summed E-state index contributed by atoms with van der Waals surface area (Å²) in [5, 5.41) is 57.6. The van der Waals surface area contributed by atoms with Crippen molar-refractivity contribution in [3.63, 3.8) is 0 Å². The summed E-state index contributed by atoms with van der Waals surface area (Å²) < 4.78 is 11.6. The van der Waals surface area contributed by atoms with E-state index in [2.05, 4.69) is 73.0 Å². The maximum atomic E-state index is 11.2. The number of likely N-dealkylation sites (N-methyl/N-ethyl adjacent to an activating group) is 1. The zero-order chi connectivity index (χ0) is 38.5. The second kappa shape index (κ2) is 23.8. The average Bonchev–Trinajstić information content (AvgIpc) is 2.98. The van der Waals surface area contributed by atoms with Crippen LogP contribution in [0.25, 0.3) is 0 Å². The van der Waals surface area contributed by atoms with Crippen molar-refractivity contribution in [1.29, 1.82) is 0 Å². The summed E-state index contributed by atoms with van der Waals surface area (Å²) in [4.78, 5) is 33.8. The quantitative estimate of drug-likeness (QED) is 0.104. The molecule has 0 radical (unpaired) electrons. The summed E-state index contributed by atoms with van der Waals surface area (Å²) in [6.07, 6.45) is 4.07. The highest BCUT2D eigenvalue weighted by molar-refractivity contribution is 6.74. The second-order valence-corrected chi connectivity index (χ2v) is 24.5. The Morgan fingerprint density at radius 3 is 1.79 bits per heavy atom. The summed E-state index contributed by atoms with van der Waals surface area (Å²) >= 11 is 0. The molecule has 1 aliphatic carbocycles. The highest BCUT2D eigenvalue weighted by Gasteiger charge is 2.37. The normalized spacial score (nSPS) is 14.0. The molecule has 2 rings (SSSR count). The van der Waals surface area contributed by atoms with E-state index >= 15 is 0 Å². The summed E-state index contributed by atoms with van der Waals surface area (Å²) in [5.74, 6) is -2.73. The van der Waals surface area contributed by atoms with E-state index in [1.165, 1.54) is 24.3 Å². The van der Waals surface area contributed by atoms with Crippen LogP contribution in [0.2, 0.25) is 42.1 Å². The van der Waals surface area contributed by atoms with E-state index in [1.807, 2.05) is 11.9 Å². The zero-order valence-corrected chi connectivity index (χ0v) is 33.2. The van der Waals surface area contributed by atoms with Gasteiger partial charge in [-0.25, -0.2) is 9.59 Å². The molecule has 0 saturated carbocycles. The lowest BCUT2D eigenvalue weighted by atomic mass is 9.68. The molecule has 1 unspecified atom stereocenters. The molecule has 0 bridgehead atoms. The van der Waals surface area contributed by atoms with E-state index in [-0.39, 0.29) is 55.6 Å². The molecular weight excluding hydrogens is 702 g/mol. The number of carbonyl (C=O) groups excluding carboxylic acids is 1. The Morgan fingerprint density at radius 1 is 0.904 bits per heavy atom. The lowest BCUT2D eigenvalue weighted by Gasteiger charge is -2.36. The third kappa shape index (κ3) is 18.8. The first-order valence-corrected chi connectivity index (χ1v) is 21.9. The van der Waals surface area contributed by atoms with Gasteiger partial charge in [0.15, 0.2) is 16.6 Å². The van der Waals surface area contributed by atoms with E-state index in [0.29, 0.717) is 31.0 Å². The fraction of sp³-hybridized carbons (Fsp3) is 0.629. The number of rotatable bonds is 13. The number of hydrogen-bond acceptors (Lipinski definition) is 11. The monoisotopic (exact) mass is 772 g/mol. The fourth-order valence-corrected chi connectivity index (χ4v) is 5.66. The Bertz CT molecular complexity index is 1310. The molecule has 0 fully saturated rings. The Balaban J connectivity index is -0.000000353. The number of aldehydes is 1. The molecule has 1 aromatic rings. The predicted octanol–water partition coefficient (Wildman–Crippen LogP) is 4.99. The van der Waals surface area contributed by atoms with Crippen molar-refractivity contribution in [1.82, 2.24) is 5.32 Å². The van der Waals surface area contributed by atoms with Crippen molar-refractivity contribution in [3.8, 4) is 0 Å². The van der Waals surface area contributed by atoms with Gasteiger partial charge in [0.1, 0.15) is 6.29 Å². The van der Waals surface area contributed by atoms with Crippen LogP contribution in [0.5, 0.6) is 0 Å². The van der Waals surface area contributed by atoms with Crippen molar-refractivity contribution in [2.75, 3.05) is 38.8 Å². The molecule has 17 heteroatoms. The van der Waals surface area contributed by atoms with Crippen molar-refractivity contribution >= 4 is 60.2 Å². The SMILES string of the molecule is C.C.C.CC(C)(C)[Si](C)(C)OCC=O.CN(CCO[Si](C)(C)C(C)(C)C)c1cc(B(O)O)cc(C(=O)O)c1.CNC1=CC(C(=O)O)=CC(B(O)O)C1. The van der Waals surface area contributed by atoms with Crippen LogP contribution in [-0.2, 0) is 18.4 Å². The number of nitrogens with one attached hydrogen (secondary N) is 1. The molecule has 13 nitrogen and oxygen atoms in total. The van der Waals surface area contributed by atoms with Gasteiger partial charge in [0.05, 0.1) is 24.4 Å². The van der Waals surface area contributed by atoms with Crippen LogP contribution in [-0.4, -0.2) is 113 Å². The first kappa shape index (κ1) is 56.0. The van der Waals surface area contributed by atoms with E-state index in [9.17, 15) is 24.4 Å². The third-order valence-electron chi connectivity index (χ3n) is 9.07. The van der Waals surface area contributed by atoms with Crippen LogP contribution < -0.4 is 15.7 Å². The maximum Gasteiger partial charge on any atom is 0.488 e. The summed E-state index contributed by atoms with van der Waals surface area (Å²) in [6, 6.07) is 4.35. The molecule has 0 amide bonds. The molecule has 0 aromatic heterocycles. The van der Waals surface area contributed by atoms with Crippen molar-refractivity contribution in [3.05, 3.63) is 47.2 Å². The van der Waals surface area contributed by atoms with E-state index in [4.69, 9.17) is 29.1 Å². The van der Waals surface area contributed by atoms with Gasteiger partial charge in [0.25, 0.3) is 0 Å². The number of carbonyl (C=O) groups is 3. The molecule has 0 aliphatic heterocycles. The molecule has 1 aromatic carbocycles. The van der Waals surface area contributed by atoms with Crippen LogP contribution in [0.1, 0.15) is 80.6 Å². The topological polar surface area (TPSA) is 206 Å². The van der Waals surface area contributed by atoms with Crippen LogP contribution in [0.15, 0.2) is 41.6 Å². The number of carboxylic acid groups (broad SMARTS) is 2. The fourth-order valence-electron chi connectivity index (χ4n) is 3.71. The van der Waals surface area contributed by atoms with Gasteiger partial charge in [-0.15, -0.1) is 0 Å². The Kier molecular flexibility index (Phi) is 25.6. The second-order valence-electron chi connectivity index (χ2n) is 14.9. The van der Waals surface area contributed by atoms with Crippen LogP contribution in [0, 0.1) is 0 Å². The minimum atomic E-state index is -1.83. The summed E-state index contributed by atoms with van der Waals surface area (Å²) in [6.45, 7) is 23.0. The summed E-state index contributed by atoms with van der Waals surface area (Å²) in [7, 11) is -3.24. The van der Waals surface area contributed by atoms with Gasteiger partial charge >= 0.3 is 26.2 Å². The highest BCUT2D eigenvalue weighted by Crippen LogP contribution is 2.37. The van der Waals surface area contributed by atoms with Gasteiger partial charge in [0.2, 0.25) is 0 Å². The van der Waals surface area contributed by atoms with E-state index in [1.54, 1.807) is 13.1 Å². The molecule has 7 N–H and O–H groups in total.